The van der Waals surface area contributed by atoms with Gasteiger partial charge in [0.1, 0.15) is 12.0 Å². The third-order valence-electron chi connectivity index (χ3n) is 1.31. The van der Waals surface area contributed by atoms with Gasteiger partial charge in [0.2, 0.25) is 0 Å². The van der Waals surface area contributed by atoms with E-state index in [9.17, 15) is 4.79 Å². The number of nitriles is 1. The van der Waals surface area contributed by atoms with Crippen molar-refractivity contribution < 1.29 is 9.53 Å². The van der Waals surface area contributed by atoms with Gasteiger partial charge < -0.3 is 4.74 Å². The number of hydrogen-bond acceptors (Lipinski definition) is 3. The van der Waals surface area contributed by atoms with Crippen LogP contribution in [-0.2, 0) is 0 Å². The van der Waals surface area contributed by atoms with Crippen LogP contribution in [0.25, 0.3) is 0 Å². The fourth-order valence-electron chi connectivity index (χ4n) is 0.756. The number of aldehydes is 1. The Morgan fingerprint density at radius 1 is 1.57 bits per heavy atom. The number of hydrogen-bond donors (Lipinski definition) is 0. The van der Waals surface area contributed by atoms with Crippen LogP contribution in [0.5, 0.6) is 5.75 Å². The second-order valence-electron chi connectivity index (χ2n) is 2.24. The summed E-state index contributed by atoms with van der Waals surface area (Å²) in [7, 11) is 1.58. The monoisotopic (exact) mass is 255 g/mol. The third-order valence-corrected chi connectivity index (χ3v) is 1.93. The lowest BCUT2D eigenvalue weighted by molar-refractivity contribution is 0.112. The van der Waals surface area contributed by atoms with E-state index in [0.717, 1.165) is 16.5 Å². The zero-order valence-electron chi connectivity index (χ0n) is 7.95. The molecule has 0 atom stereocenters. The highest BCUT2D eigenvalue weighted by Crippen LogP contribution is 2.24. The third kappa shape index (κ3) is 4.06. The average Bonchev–Trinajstić information content (AvgIpc) is 2.19. The number of halogens is 1. The summed E-state index contributed by atoms with van der Waals surface area (Å²) in [6.07, 6.45) is 0.796. The highest BCUT2D eigenvalue weighted by atomic mass is 79.9. The molecule has 1 aromatic carbocycles. The first-order valence-electron chi connectivity index (χ1n) is 3.79. The van der Waals surface area contributed by atoms with Crippen LogP contribution in [0.1, 0.15) is 17.3 Å². The second-order valence-corrected chi connectivity index (χ2v) is 3.09. The van der Waals surface area contributed by atoms with Crippen molar-refractivity contribution >= 4 is 22.2 Å². The van der Waals surface area contributed by atoms with Gasteiger partial charge in [-0.2, -0.15) is 5.26 Å². The summed E-state index contributed by atoms with van der Waals surface area (Å²) < 4.78 is 5.78. The summed E-state index contributed by atoms with van der Waals surface area (Å²) >= 11 is 3.26. The number of benzene rings is 1. The zero-order chi connectivity index (χ0) is 11.0. The van der Waals surface area contributed by atoms with Crippen molar-refractivity contribution in [2.24, 2.45) is 0 Å². The first-order chi connectivity index (χ1) is 6.69. The van der Waals surface area contributed by atoms with Gasteiger partial charge in [0.05, 0.1) is 17.7 Å². The molecule has 3 nitrogen and oxygen atoms in total. The van der Waals surface area contributed by atoms with Gasteiger partial charge in [-0.1, -0.05) is 0 Å². The quantitative estimate of drug-likeness (QED) is 0.764. The lowest BCUT2D eigenvalue weighted by Gasteiger charge is -2.01. The number of carbonyl (C=O) groups excluding carboxylic acids is 1. The fourth-order valence-corrected chi connectivity index (χ4v) is 1.31. The highest BCUT2D eigenvalue weighted by Gasteiger charge is 1.98. The van der Waals surface area contributed by atoms with Crippen LogP contribution in [-0.4, -0.2) is 13.4 Å². The van der Waals surface area contributed by atoms with E-state index in [1.807, 2.05) is 0 Å². The molecule has 0 unspecified atom stereocenters. The molecule has 0 fully saturated rings. The van der Waals surface area contributed by atoms with E-state index in [4.69, 9.17) is 10.00 Å². The number of methoxy groups -OCH3 is 1. The number of ether oxygens (including phenoxy) is 1. The minimum absolute atomic E-state index is 0.637. The van der Waals surface area contributed by atoms with Gasteiger partial charge in [0, 0.05) is 12.5 Å². The molecule has 0 radical (unpaired) electrons. The Morgan fingerprint density at radius 3 is 2.50 bits per heavy atom. The molecule has 0 spiro atoms. The Hall–Kier alpha value is -1.34. The lowest BCUT2D eigenvalue weighted by Crippen LogP contribution is -1.85. The maximum absolute atomic E-state index is 10.3. The predicted octanol–water partition coefficient (Wildman–Crippen LogP) is 2.80. The summed E-state index contributed by atoms with van der Waals surface area (Å²) in [5, 5.41) is 7.32. The molecular weight excluding hydrogens is 246 g/mol. The van der Waals surface area contributed by atoms with E-state index >= 15 is 0 Å². The van der Waals surface area contributed by atoms with Crippen LogP contribution >= 0.6 is 15.9 Å². The molecular formula is C10H10BrNO2. The van der Waals surface area contributed by atoms with E-state index < -0.39 is 0 Å². The molecule has 1 aromatic rings. The molecule has 0 N–H and O–H groups in total. The largest absolute Gasteiger partial charge is 0.496 e. The Morgan fingerprint density at radius 2 is 2.14 bits per heavy atom. The molecule has 0 saturated heterocycles. The standard InChI is InChI=1S/C8H7BrO2.C2H3N/c1-11-8-3-2-6(5-10)4-7(8)9;1-2-3/h2-5H,1H3;1H3. The van der Waals surface area contributed by atoms with Gasteiger partial charge in [-0.15, -0.1) is 0 Å². The van der Waals surface area contributed by atoms with Gasteiger partial charge in [-0.05, 0) is 34.1 Å². The Bertz CT molecular complexity index is 344. The van der Waals surface area contributed by atoms with Crippen molar-refractivity contribution in [2.75, 3.05) is 7.11 Å². The van der Waals surface area contributed by atoms with E-state index in [1.165, 1.54) is 6.92 Å². The molecule has 0 saturated carbocycles. The van der Waals surface area contributed by atoms with Gasteiger partial charge >= 0.3 is 0 Å². The fraction of sp³-hybridized carbons (Fsp3) is 0.200. The number of nitrogens with zero attached hydrogens (tertiary/aromatic N) is 1. The lowest BCUT2D eigenvalue weighted by atomic mass is 10.2. The van der Waals surface area contributed by atoms with Crippen LogP contribution in [0.2, 0.25) is 0 Å². The molecule has 0 bridgehead atoms. The Balaban J connectivity index is 0.000000500. The van der Waals surface area contributed by atoms with Crippen LogP contribution < -0.4 is 4.74 Å². The minimum atomic E-state index is 0.637. The molecule has 4 heteroatoms. The van der Waals surface area contributed by atoms with E-state index in [0.29, 0.717) is 5.56 Å². The van der Waals surface area contributed by atoms with Crippen LogP contribution in [0, 0.1) is 11.3 Å². The maximum Gasteiger partial charge on any atom is 0.150 e. The molecule has 0 aliphatic heterocycles. The second kappa shape index (κ2) is 7.10. The summed E-state index contributed by atoms with van der Waals surface area (Å²) in [6.45, 7) is 1.43. The first-order valence-corrected chi connectivity index (χ1v) is 4.58. The normalized spacial score (nSPS) is 7.86. The molecule has 1 rings (SSSR count). The van der Waals surface area contributed by atoms with Crippen LogP contribution in [0.3, 0.4) is 0 Å². The predicted molar refractivity (Wildman–Crippen MR) is 57.4 cm³/mol. The van der Waals surface area contributed by atoms with Crippen LogP contribution in [0.4, 0.5) is 0 Å². The van der Waals surface area contributed by atoms with Gasteiger partial charge in [0.15, 0.2) is 0 Å². The van der Waals surface area contributed by atoms with Crippen molar-refractivity contribution in [2.45, 2.75) is 6.92 Å². The molecule has 0 heterocycles. The van der Waals surface area contributed by atoms with Gasteiger partial charge in [0.25, 0.3) is 0 Å². The van der Waals surface area contributed by atoms with Crippen molar-refractivity contribution in [1.29, 1.82) is 5.26 Å². The van der Waals surface area contributed by atoms with Crippen LogP contribution in [0.15, 0.2) is 22.7 Å². The molecule has 0 aromatic heterocycles. The number of carbonyl (C=O) groups is 1. The van der Waals surface area contributed by atoms with Crippen molar-refractivity contribution in [3.63, 3.8) is 0 Å². The summed E-state index contributed by atoms with van der Waals surface area (Å²) in [5.74, 6) is 0.732. The molecule has 0 aliphatic rings. The SMILES string of the molecule is CC#N.COc1ccc(C=O)cc1Br. The average molecular weight is 256 g/mol. The van der Waals surface area contributed by atoms with Crippen molar-refractivity contribution in [1.82, 2.24) is 0 Å². The van der Waals surface area contributed by atoms with Gasteiger partial charge in [-0.25, -0.2) is 0 Å². The molecule has 0 aliphatic carbocycles. The topological polar surface area (TPSA) is 50.1 Å². The Kier molecular flexibility index (Phi) is 6.42. The minimum Gasteiger partial charge on any atom is -0.496 e. The maximum atomic E-state index is 10.3. The van der Waals surface area contributed by atoms with E-state index in [2.05, 4.69) is 15.9 Å². The van der Waals surface area contributed by atoms with Crippen molar-refractivity contribution in [3.05, 3.63) is 28.2 Å². The zero-order valence-corrected chi connectivity index (χ0v) is 9.54. The smallest absolute Gasteiger partial charge is 0.150 e. The summed E-state index contributed by atoms with van der Waals surface area (Å²) in [4.78, 5) is 10.3. The first kappa shape index (κ1) is 12.7. The van der Waals surface area contributed by atoms with Gasteiger partial charge in [-0.3, -0.25) is 4.79 Å². The van der Waals surface area contributed by atoms with E-state index in [1.54, 1.807) is 31.4 Å². The van der Waals surface area contributed by atoms with Crippen molar-refractivity contribution in [3.8, 4) is 11.8 Å². The summed E-state index contributed by atoms with van der Waals surface area (Å²) in [6, 6.07) is 6.91. The van der Waals surface area contributed by atoms with E-state index in [-0.39, 0.29) is 0 Å². The molecule has 0 amide bonds. The highest BCUT2D eigenvalue weighted by molar-refractivity contribution is 9.10. The number of rotatable bonds is 2. The summed E-state index contributed by atoms with van der Waals surface area (Å²) in [5.41, 5.74) is 0.637. The molecule has 14 heavy (non-hydrogen) atoms. The Labute approximate surface area is 91.4 Å². The molecule has 74 valence electrons.